The van der Waals surface area contributed by atoms with Crippen LogP contribution in [0, 0.1) is 6.92 Å². The second-order valence-corrected chi connectivity index (χ2v) is 11.3. The van der Waals surface area contributed by atoms with Gasteiger partial charge in [-0.05, 0) is 97.4 Å². The second kappa shape index (κ2) is 7.52. The van der Waals surface area contributed by atoms with Crippen molar-refractivity contribution in [3.63, 3.8) is 0 Å². The number of aromatic nitrogens is 1. The number of pyridine rings is 1. The van der Waals surface area contributed by atoms with E-state index < -0.39 is 0 Å². The van der Waals surface area contributed by atoms with Crippen molar-refractivity contribution in [2.75, 3.05) is 0 Å². The molecule has 1 heteroatoms. The van der Waals surface area contributed by atoms with Crippen molar-refractivity contribution in [1.82, 2.24) is 4.98 Å². The fraction of sp³-hybridized carbons (Fsp3) is 0.108. The molecular formula is C37H27N. The molecule has 7 aromatic rings. The summed E-state index contributed by atoms with van der Waals surface area (Å²) in [6.07, 6.45) is 0. The fourth-order valence-electron chi connectivity index (χ4n) is 6.79. The van der Waals surface area contributed by atoms with Gasteiger partial charge in [0.05, 0.1) is 11.2 Å². The molecule has 0 amide bonds. The van der Waals surface area contributed by atoms with Gasteiger partial charge in [-0.1, -0.05) is 92.7 Å². The van der Waals surface area contributed by atoms with Crippen molar-refractivity contribution in [2.45, 2.75) is 26.2 Å². The van der Waals surface area contributed by atoms with Gasteiger partial charge in [0.2, 0.25) is 0 Å². The van der Waals surface area contributed by atoms with Gasteiger partial charge in [0.25, 0.3) is 0 Å². The van der Waals surface area contributed by atoms with Crippen molar-refractivity contribution < 1.29 is 0 Å². The van der Waals surface area contributed by atoms with Gasteiger partial charge in [0.1, 0.15) is 0 Å². The number of aryl methyl sites for hydroxylation is 1. The van der Waals surface area contributed by atoms with Gasteiger partial charge in [-0.2, -0.15) is 0 Å². The Balaban J connectivity index is 1.39. The molecule has 0 radical (unpaired) electrons. The highest BCUT2D eigenvalue weighted by Crippen LogP contribution is 2.52. The summed E-state index contributed by atoms with van der Waals surface area (Å²) < 4.78 is 0. The lowest BCUT2D eigenvalue weighted by molar-refractivity contribution is 0.661. The topological polar surface area (TPSA) is 12.9 Å². The first kappa shape index (κ1) is 21.6. The molecule has 0 unspecified atom stereocenters. The number of nitrogens with zero attached hydrogens (tertiary/aromatic N) is 1. The van der Waals surface area contributed by atoms with Crippen molar-refractivity contribution in [3.05, 3.63) is 126 Å². The molecule has 1 aromatic heterocycles. The molecule has 0 N–H and O–H groups in total. The minimum atomic E-state index is -0.104. The third kappa shape index (κ3) is 2.85. The smallest absolute Gasteiger partial charge is 0.0712 e. The van der Waals surface area contributed by atoms with E-state index in [4.69, 9.17) is 4.98 Å². The lowest BCUT2D eigenvalue weighted by Crippen LogP contribution is -2.15. The summed E-state index contributed by atoms with van der Waals surface area (Å²) in [4.78, 5) is 5.04. The molecule has 180 valence electrons. The van der Waals surface area contributed by atoms with Crippen LogP contribution in [0.2, 0.25) is 0 Å². The number of rotatable bonds is 1. The first-order valence-corrected chi connectivity index (χ1v) is 13.4. The van der Waals surface area contributed by atoms with Crippen LogP contribution in [-0.4, -0.2) is 4.98 Å². The largest absolute Gasteiger partial charge is 0.248 e. The van der Waals surface area contributed by atoms with Gasteiger partial charge >= 0.3 is 0 Å². The van der Waals surface area contributed by atoms with Gasteiger partial charge in [-0.25, -0.2) is 4.98 Å². The molecule has 1 aliphatic carbocycles. The van der Waals surface area contributed by atoms with E-state index in [2.05, 4.69) is 130 Å². The highest BCUT2D eigenvalue weighted by molar-refractivity contribution is 6.26. The molecule has 0 saturated heterocycles. The third-order valence-electron chi connectivity index (χ3n) is 8.76. The van der Waals surface area contributed by atoms with E-state index >= 15 is 0 Å². The number of hydrogen-bond acceptors (Lipinski definition) is 1. The first-order valence-electron chi connectivity index (χ1n) is 13.4. The Morgan fingerprint density at radius 2 is 1.05 bits per heavy atom. The summed E-state index contributed by atoms with van der Waals surface area (Å²) in [5.74, 6) is 0. The lowest BCUT2D eigenvalue weighted by Gasteiger charge is -2.23. The van der Waals surface area contributed by atoms with Gasteiger partial charge in [-0.15, -0.1) is 0 Å². The quantitative estimate of drug-likeness (QED) is 0.211. The van der Waals surface area contributed by atoms with Crippen LogP contribution >= 0.6 is 0 Å². The Morgan fingerprint density at radius 3 is 1.74 bits per heavy atom. The summed E-state index contributed by atoms with van der Waals surface area (Å²) in [5, 5.41) is 9.18. The van der Waals surface area contributed by atoms with E-state index in [1.165, 1.54) is 71.1 Å². The van der Waals surface area contributed by atoms with Gasteiger partial charge in [-0.3, -0.25) is 0 Å². The molecule has 0 spiro atoms. The fourth-order valence-corrected chi connectivity index (χ4v) is 6.79. The molecule has 1 heterocycles. The van der Waals surface area contributed by atoms with Crippen LogP contribution in [0.15, 0.2) is 109 Å². The summed E-state index contributed by atoms with van der Waals surface area (Å²) in [6, 6.07) is 40.2. The number of hydrogen-bond donors (Lipinski definition) is 0. The van der Waals surface area contributed by atoms with Crippen LogP contribution < -0.4 is 0 Å². The minimum absolute atomic E-state index is 0.104. The van der Waals surface area contributed by atoms with Crippen molar-refractivity contribution in [2.24, 2.45) is 0 Å². The summed E-state index contributed by atoms with van der Waals surface area (Å²) >= 11 is 0. The average Bonchev–Trinajstić information content (AvgIpc) is 3.17. The van der Waals surface area contributed by atoms with Crippen LogP contribution in [0.4, 0.5) is 0 Å². The molecule has 0 bridgehead atoms. The van der Waals surface area contributed by atoms with Gasteiger partial charge < -0.3 is 0 Å². The molecule has 0 aliphatic heterocycles. The van der Waals surface area contributed by atoms with Crippen LogP contribution in [0.1, 0.15) is 30.5 Å². The zero-order chi connectivity index (χ0) is 25.6. The maximum Gasteiger partial charge on any atom is 0.0712 e. The van der Waals surface area contributed by atoms with E-state index in [9.17, 15) is 0 Å². The third-order valence-corrected chi connectivity index (χ3v) is 8.76. The molecule has 0 saturated carbocycles. The molecular weight excluding hydrogens is 458 g/mol. The number of fused-ring (bicyclic) bond motifs is 10. The van der Waals surface area contributed by atoms with E-state index in [0.717, 1.165) is 11.2 Å². The second-order valence-electron chi connectivity index (χ2n) is 11.3. The van der Waals surface area contributed by atoms with E-state index in [-0.39, 0.29) is 5.41 Å². The molecule has 0 atom stereocenters. The molecule has 1 nitrogen and oxygen atoms in total. The zero-order valence-electron chi connectivity index (χ0n) is 21.8. The standard InChI is InChI=1S/C37H27N/c1-22-18-36(38-35-15-9-8-10-24(22)35)23-16-17-29-32-20-30-27-13-6-4-11-25(27)26-12-5-7-14-28(26)31(30)21-34(32)37(2,3)33(29)19-23/h4-21H,1-3H3. The maximum atomic E-state index is 5.04. The predicted molar refractivity (Wildman–Crippen MR) is 162 cm³/mol. The van der Waals surface area contributed by atoms with E-state index in [0.29, 0.717) is 0 Å². The Bertz CT molecular complexity index is 2110. The molecule has 0 fully saturated rings. The first-order chi connectivity index (χ1) is 18.5. The van der Waals surface area contributed by atoms with Crippen LogP contribution in [0.5, 0.6) is 0 Å². The highest BCUT2D eigenvalue weighted by Gasteiger charge is 2.36. The molecule has 1 aliphatic rings. The van der Waals surface area contributed by atoms with Gasteiger partial charge in [0, 0.05) is 16.4 Å². The van der Waals surface area contributed by atoms with Crippen molar-refractivity contribution >= 4 is 43.2 Å². The molecule has 8 rings (SSSR count). The van der Waals surface area contributed by atoms with Crippen LogP contribution in [0.3, 0.4) is 0 Å². The van der Waals surface area contributed by atoms with Crippen LogP contribution in [0.25, 0.3) is 65.6 Å². The van der Waals surface area contributed by atoms with E-state index in [1.807, 2.05) is 0 Å². The molecule has 6 aromatic carbocycles. The minimum Gasteiger partial charge on any atom is -0.248 e. The summed E-state index contributed by atoms with van der Waals surface area (Å²) in [6.45, 7) is 6.92. The SMILES string of the molecule is Cc1cc(-c2ccc3c(c2)C(C)(C)c2cc4c5ccccc5c5ccccc5c4cc2-3)nc2ccccc12. The monoisotopic (exact) mass is 485 g/mol. The van der Waals surface area contributed by atoms with Crippen LogP contribution in [-0.2, 0) is 5.41 Å². The summed E-state index contributed by atoms with van der Waals surface area (Å²) in [7, 11) is 0. The lowest BCUT2D eigenvalue weighted by atomic mass is 9.80. The van der Waals surface area contributed by atoms with E-state index in [1.54, 1.807) is 0 Å². The highest BCUT2D eigenvalue weighted by atomic mass is 14.7. The Hall–Kier alpha value is -4.49. The average molecular weight is 486 g/mol. The van der Waals surface area contributed by atoms with Gasteiger partial charge in [0.15, 0.2) is 0 Å². The molecule has 38 heavy (non-hydrogen) atoms. The Morgan fingerprint density at radius 1 is 0.500 bits per heavy atom. The number of benzene rings is 6. The predicted octanol–water partition coefficient (Wildman–Crippen LogP) is 9.98. The normalized spacial score (nSPS) is 13.9. The Labute approximate surface area is 222 Å². The zero-order valence-corrected chi connectivity index (χ0v) is 21.8. The Kier molecular flexibility index (Phi) is 4.27. The number of para-hydroxylation sites is 1. The summed E-state index contributed by atoms with van der Waals surface area (Å²) in [5.41, 5.74) is 9.90. The van der Waals surface area contributed by atoms with Crippen molar-refractivity contribution in [3.8, 4) is 22.4 Å². The maximum absolute atomic E-state index is 5.04. The van der Waals surface area contributed by atoms with Crippen molar-refractivity contribution in [1.29, 1.82) is 0 Å².